The minimum Gasteiger partial charge on any atom is -0.392 e. The quantitative estimate of drug-likeness (QED) is 0.0805. The summed E-state index contributed by atoms with van der Waals surface area (Å²) in [5.41, 5.74) is 1.77. The predicted molar refractivity (Wildman–Crippen MR) is 204 cm³/mol. The summed E-state index contributed by atoms with van der Waals surface area (Å²) < 4.78 is 19.8. The molecule has 0 aliphatic carbocycles. The summed E-state index contributed by atoms with van der Waals surface area (Å²) in [6.07, 6.45) is 3.67. The molecule has 16 nitrogen and oxygen atoms in total. The van der Waals surface area contributed by atoms with E-state index in [4.69, 9.17) is 0 Å². The Hall–Kier alpha value is -4.08. The van der Waals surface area contributed by atoms with Gasteiger partial charge in [0.2, 0.25) is 24.0 Å². The third-order valence-electron chi connectivity index (χ3n) is 10.1. The van der Waals surface area contributed by atoms with Crippen LogP contribution >= 0.6 is 7.82 Å². The molecule has 1 aromatic heterocycles. The third kappa shape index (κ3) is 14.5. The molecule has 1 aliphatic rings. The first-order valence-corrected chi connectivity index (χ1v) is 20.7. The lowest BCUT2D eigenvalue weighted by Crippen LogP contribution is -2.51. The van der Waals surface area contributed by atoms with Gasteiger partial charge in [0.1, 0.15) is 30.3 Å². The van der Waals surface area contributed by atoms with Gasteiger partial charge >= 0.3 is 7.82 Å². The number of Topliss-reactive ketones (excluding diaryl/α,β-unsaturated/α-hetero) is 3. The zero-order chi connectivity index (χ0) is 41.7. The van der Waals surface area contributed by atoms with Crippen molar-refractivity contribution >= 4 is 42.9 Å². The molecule has 1 aromatic carbocycles. The number of nitrogens with one attached hydrogen (secondary N) is 2. The van der Waals surface area contributed by atoms with Crippen LogP contribution in [0.15, 0.2) is 42.9 Å². The molecule has 0 unspecified atom stereocenters. The molecular weight excluding hydrogens is 745 g/mol. The second-order valence-electron chi connectivity index (χ2n) is 15.2. The van der Waals surface area contributed by atoms with Gasteiger partial charge in [0.05, 0.1) is 43.2 Å². The Morgan fingerprint density at radius 3 is 2.25 bits per heavy atom. The van der Waals surface area contributed by atoms with Crippen LogP contribution in [0.5, 0.6) is 0 Å². The number of carbonyl (C=O) groups excluding carboxylic acids is 6. The van der Waals surface area contributed by atoms with Gasteiger partial charge in [-0.05, 0) is 51.5 Å². The van der Waals surface area contributed by atoms with Gasteiger partial charge in [-0.2, -0.15) is 0 Å². The number of aliphatic hydroxyl groups is 1. The Balaban J connectivity index is 1.92. The monoisotopic (exact) mass is 804 g/mol. The first-order chi connectivity index (χ1) is 26.3. The maximum Gasteiger partial charge on any atom is 0.469 e. The van der Waals surface area contributed by atoms with E-state index in [0.717, 1.165) is 5.56 Å². The molecule has 17 heteroatoms. The minimum absolute atomic E-state index is 0.0134. The number of phosphoric ester groups is 1. The summed E-state index contributed by atoms with van der Waals surface area (Å²) in [5.74, 6) is -5.06. The van der Waals surface area contributed by atoms with E-state index >= 15 is 0 Å². The van der Waals surface area contributed by atoms with Crippen LogP contribution in [0.2, 0.25) is 0 Å². The molecule has 5 N–H and O–H groups in total. The first kappa shape index (κ1) is 46.3. The molecule has 310 valence electrons. The van der Waals surface area contributed by atoms with Gasteiger partial charge in [0.25, 0.3) is 0 Å². The van der Waals surface area contributed by atoms with E-state index in [-0.39, 0.29) is 44.2 Å². The molecule has 56 heavy (non-hydrogen) atoms. The number of hydrogen-bond donors (Lipinski definition) is 5. The molecule has 2 heterocycles. The Bertz CT molecular complexity index is 1730. The van der Waals surface area contributed by atoms with Crippen molar-refractivity contribution in [3.8, 4) is 0 Å². The van der Waals surface area contributed by atoms with E-state index in [1.54, 1.807) is 10.8 Å². The summed E-state index contributed by atoms with van der Waals surface area (Å²) >= 11 is 0. The molecule has 2 aromatic rings. The van der Waals surface area contributed by atoms with Crippen LogP contribution in [0.25, 0.3) is 0 Å². The number of benzene rings is 1. The number of aryl methyl sites for hydroxylation is 2. The summed E-state index contributed by atoms with van der Waals surface area (Å²) in [6, 6.07) is 6.98. The zero-order valence-electron chi connectivity index (χ0n) is 33.3. The average molecular weight is 805 g/mol. The molecule has 3 amide bonds. The summed E-state index contributed by atoms with van der Waals surface area (Å²) in [5, 5.41) is 15.3. The van der Waals surface area contributed by atoms with E-state index in [1.165, 1.54) is 32.6 Å². The Labute approximate surface area is 328 Å². The summed E-state index contributed by atoms with van der Waals surface area (Å²) in [6.45, 7) is 10.2. The highest BCUT2D eigenvalue weighted by molar-refractivity contribution is 7.46. The zero-order valence-corrected chi connectivity index (χ0v) is 34.2. The lowest BCUT2D eigenvalue weighted by Gasteiger charge is -2.27. The van der Waals surface area contributed by atoms with Gasteiger partial charge < -0.3 is 30.4 Å². The molecule has 0 bridgehead atoms. The highest BCUT2D eigenvalue weighted by Crippen LogP contribution is 2.39. The van der Waals surface area contributed by atoms with E-state index < -0.39 is 79.5 Å². The Kier molecular flexibility index (Phi) is 17.7. The van der Waals surface area contributed by atoms with E-state index in [2.05, 4.69) is 15.2 Å². The highest BCUT2D eigenvalue weighted by atomic mass is 31.2. The van der Waals surface area contributed by atoms with Crippen LogP contribution in [-0.4, -0.2) is 96.8 Å². The first-order valence-electron chi connectivity index (χ1n) is 19.2. The molecular formula is C39H59N5O11P+. The van der Waals surface area contributed by atoms with Gasteiger partial charge in [0, 0.05) is 39.2 Å². The Morgan fingerprint density at radius 1 is 0.982 bits per heavy atom. The van der Waals surface area contributed by atoms with Crippen LogP contribution < -0.4 is 15.2 Å². The molecule has 1 saturated heterocycles. The standard InChI is InChI=1S/C39H58N5O11P/c1-25(2)19-34(41-39(51)35-13-10-15-44(35)29(6)47)37(49)21-31(20-32-23-42(17-18-45)24-43(32)16-14-30-11-8-7-9-12-30)38(50)40-26(3)36(48)22-33(27(4)46)28(5)55-56(52,53)54/h7-9,11-12,23-26,28,31,33-35,45H,10,13-22H2,1-6H3,(H3-,40,41,50,51,52,53,54)/p+1/t26-,28+,31+,33+,34-,35-/m0/s1. The normalized spacial score (nSPS) is 17.2. The average Bonchev–Trinajstić information content (AvgIpc) is 3.76. The van der Waals surface area contributed by atoms with Gasteiger partial charge in [-0.3, -0.25) is 33.3 Å². The number of imidazole rings is 1. The van der Waals surface area contributed by atoms with E-state index in [9.17, 15) is 48.2 Å². The molecule has 1 fully saturated rings. The second-order valence-corrected chi connectivity index (χ2v) is 16.4. The SMILES string of the molecule is CC(=O)[C@@H](CC(=O)[C@H](C)NC(=O)[C@@H](CC(=O)[C@H](CC(C)C)NC(=O)[C@@H]1CCCN1C(C)=O)Cc1c[n+](CCO)cn1CCc1ccccc1)[C@@H](C)OP(=O)(O)O. The number of hydrogen-bond acceptors (Lipinski definition) is 9. The molecule has 1 aliphatic heterocycles. The van der Waals surface area contributed by atoms with Crippen LogP contribution in [0.3, 0.4) is 0 Å². The maximum absolute atomic E-state index is 14.2. The fourth-order valence-corrected chi connectivity index (χ4v) is 7.69. The molecule has 3 rings (SSSR count). The number of nitrogens with zero attached hydrogens (tertiary/aromatic N) is 3. The molecule has 0 saturated carbocycles. The van der Waals surface area contributed by atoms with Crippen molar-refractivity contribution in [1.82, 2.24) is 20.1 Å². The third-order valence-corrected chi connectivity index (χ3v) is 10.7. The fourth-order valence-electron chi connectivity index (χ4n) is 7.11. The van der Waals surface area contributed by atoms with Crippen molar-refractivity contribution in [2.75, 3.05) is 13.2 Å². The largest absolute Gasteiger partial charge is 0.469 e. The second kappa shape index (κ2) is 21.4. The number of rotatable bonds is 23. The lowest BCUT2D eigenvalue weighted by atomic mass is 9.89. The number of phosphoric acid groups is 1. The summed E-state index contributed by atoms with van der Waals surface area (Å²) in [7, 11) is -4.96. The lowest BCUT2D eigenvalue weighted by molar-refractivity contribution is -0.697. The summed E-state index contributed by atoms with van der Waals surface area (Å²) in [4.78, 5) is 99.8. The molecule has 0 spiro atoms. The maximum atomic E-state index is 14.2. The highest BCUT2D eigenvalue weighted by Gasteiger charge is 2.37. The van der Waals surface area contributed by atoms with Crippen molar-refractivity contribution in [3.05, 3.63) is 54.1 Å². The van der Waals surface area contributed by atoms with Crippen molar-refractivity contribution in [2.45, 2.75) is 124 Å². The Morgan fingerprint density at radius 2 is 1.66 bits per heavy atom. The number of likely N-dealkylation sites (tertiary alicyclic amines) is 1. The van der Waals surface area contributed by atoms with Crippen molar-refractivity contribution in [3.63, 3.8) is 0 Å². The van der Waals surface area contributed by atoms with Crippen LogP contribution in [0.4, 0.5) is 0 Å². The van der Waals surface area contributed by atoms with Crippen LogP contribution in [0.1, 0.15) is 84.9 Å². The topological polar surface area (TPSA) is 226 Å². The van der Waals surface area contributed by atoms with Crippen molar-refractivity contribution in [2.24, 2.45) is 17.8 Å². The minimum atomic E-state index is -4.96. The number of amides is 3. The number of carbonyl (C=O) groups is 6. The van der Waals surface area contributed by atoms with Crippen molar-refractivity contribution in [1.29, 1.82) is 0 Å². The number of ketones is 3. The molecule has 0 radical (unpaired) electrons. The van der Waals surface area contributed by atoms with Gasteiger partial charge in [-0.15, -0.1) is 0 Å². The predicted octanol–water partition coefficient (Wildman–Crippen LogP) is 1.84. The number of aromatic nitrogens is 2. The number of aliphatic hydroxyl groups excluding tert-OH is 1. The van der Waals surface area contributed by atoms with Gasteiger partial charge in [-0.25, -0.2) is 13.7 Å². The van der Waals surface area contributed by atoms with E-state index in [0.29, 0.717) is 38.0 Å². The van der Waals surface area contributed by atoms with Crippen LogP contribution in [0, 0.1) is 17.8 Å². The molecule has 6 atom stereocenters. The van der Waals surface area contributed by atoms with Crippen LogP contribution in [-0.2, 0) is 63.8 Å². The van der Waals surface area contributed by atoms with E-state index in [1.807, 2.05) is 55.1 Å². The fraction of sp³-hybridized carbons (Fsp3) is 0.615. The van der Waals surface area contributed by atoms with Gasteiger partial charge in [-0.1, -0.05) is 44.2 Å². The van der Waals surface area contributed by atoms with Crippen molar-refractivity contribution < 1.29 is 57.3 Å². The van der Waals surface area contributed by atoms with Gasteiger partial charge in [0.15, 0.2) is 11.6 Å². The smallest absolute Gasteiger partial charge is 0.392 e.